The largest absolute Gasteiger partial charge is 0.356 e. The Morgan fingerprint density at radius 1 is 1.12 bits per heavy atom. The fourth-order valence-corrected chi connectivity index (χ4v) is 5.16. The van der Waals surface area contributed by atoms with Crippen LogP contribution in [0.5, 0.6) is 0 Å². The summed E-state index contributed by atoms with van der Waals surface area (Å²) in [7, 11) is 0. The first-order chi connectivity index (χ1) is 16.0. The van der Waals surface area contributed by atoms with Crippen molar-refractivity contribution < 1.29 is 14.4 Å². The van der Waals surface area contributed by atoms with Crippen molar-refractivity contribution in [3.8, 4) is 0 Å². The highest BCUT2D eigenvalue weighted by Gasteiger charge is 2.47. The van der Waals surface area contributed by atoms with Crippen LogP contribution in [0.1, 0.15) is 49.6 Å². The zero-order chi connectivity index (χ0) is 23.1. The monoisotopic (exact) mass is 444 g/mol. The Balaban J connectivity index is 1.61. The van der Waals surface area contributed by atoms with E-state index in [2.05, 4.69) is 23.3 Å². The average Bonchev–Trinajstić information content (AvgIpc) is 3.18. The highest BCUT2D eigenvalue weighted by Crippen LogP contribution is 2.42. The number of nitrogens with zero attached hydrogens (tertiary/aromatic N) is 2. The van der Waals surface area contributed by atoms with Gasteiger partial charge in [0.2, 0.25) is 17.7 Å². The van der Waals surface area contributed by atoms with Gasteiger partial charge in [-0.25, -0.2) is 0 Å². The van der Waals surface area contributed by atoms with Crippen LogP contribution in [0.3, 0.4) is 0 Å². The molecule has 0 aliphatic carbocycles. The Bertz CT molecular complexity index is 1230. The van der Waals surface area contributed by atoms with E-state index in [1.165, 1.54) is 6.92 Å². The Morgan fingerprint density at radius 2 is 1.88 bits per heavy atom. The molecule has 33 heavy (non-hydrogen) atoms. The van der Waals surface area contributed by atoms with Gasteiger partial charge in [-0.15, -0.1) is 0 Å². The molecule has 3 heterocycles. The van der Waals surface area contributed by atoms with Crippen LogP contribution >= 0.6 is 0 Å². The first-order valence-corrected chi connectivity index (χ1v) is 11.5. The van der Waals surface area contributed by atoms with Gasteiger partial charge in [0.25, 0.3) is 0 Å². The number of benzene rings is 2. The first kappa shape index (κ1) is 21.2. The molecule has 3 amide bonds. The molecule has 0 bridgehead atoms. The second kappa shape index (κ2) is 8.39. The van der Waals surface area contributed by atoms with E-state index in [9.17, 15) is 14.4 Å². The fourth-order valence-electron chi connectivity index (χ4n) is 5.16. The van der Waals surface area contributed by atoms with Gasteiger partial charge in [-0.3, -0.25) is 14.4 Å². The molecule has 2 N–H and O–H groups in total. The number of amides is 3. The third kappa shape index (κ3) is 3.67. The highest BCUT2D eigenvalue weighted by atomic mass is 16.2. The summed E-state index contributed by atoms with van der Waals surface area (Å²) in [4.78, 5) is 45.4. The second-order valence-electron chi connectivity index (χ2n) is 8.90. The minimum absolute atomic E-state index is 0.0267. The molecule has 1 saturated heterocycles. The lowest BCUT2D eigenvalue weighted by molar-refractivity contribution is -0.158. The zero-order valence-electron chi connectivity index (χ0n) is 18.9. The van der Waals surface area contributed by atoms with Gasteiger partial charge in [0.15, 0.2) is 0 Å². The number of aromatic nitrogens is 1. The summed E-state index contributed by atoms with van der Waals surface area (Å²) in [6.45, 7) is 4.29. The van der Waals surface area contributed by atoms with Crippen molar-refractivity contribution >= 4 is 34.3 Å². The quantitative estimate of drug-likeness (QED) is 0.630. The van der Waals surface area contributed by atoms with E-state index in [-0.39, 0.29) is 30.3 Å². The van der Waals surface area contributed by atoms with E-state index in [4.69, 9.17) is 0 Å². The summed E-state index contributed by atoms with van der Waals surface area (Å²) >= 11 is 0. The topological polar surface area (TPSA) is 85.5 Å². The van der Waals surface area contributed by atoms with Crippen LogP contribution in [0.15, 0.2) is 48.5 Å². The molecule has 170 valence electrons. The molecular formula is C26H28N4O3. The zero-order valence-corrected chi connectivity index (χ0v) is 18.9. The van der Waals surface area contributed by atoms with E-state index >= 15 is 0 Å². The molecule has 7 nitrogen and oxygen atoms in total. The molecule has 5 rings (SSSR count). The number of piperazine rings is 1. The number of H-pyrrole nitrogens is 1. The Hall–Kier alpha value is -3.61. The Kier molecular flexibility index (Phi) is 5.40. The molecule has 2 aliphatic rings. The summed E-state index contributed by atoms with van der Waals surface area (Å²) in [5.74, 6) is -0.142. The average molecular weight is 445 g/mol. The number of hydrogen-bond acceptors (Lipinski definition) is 3. The maximum atomic E-state index is 13.5. The van der Waals surface area contributed by atoms with Crippen LogP contribution in [0.25, 0.3) is 10.9 Å². The predicted octanol–water partition coefficient (Wildman–Crippen LogP) is 3.61. The number of hydrogen-bond donors (Lipinski definition) is 2. The lowest BCUT2D eigenvalue weighted by Gasteiger charge is -2.47. The SMILES string of the molecule is CCCCN1CC(=O)N2C(Cc3c([nH]c4ccccc34)C2c2ccc(NC(C)=O)cc2)C1=O. The number of fused-ring (bicyclic) bond motifs is 4. The van der Waals surface area contributed by atoms with E-state index in [0.717, 1.165) is 40.6 Å². The minimum Gasteiger partial charge on any atom is -0.356 e. The van der Waals surface area contributed by atoms with Crippen LogP contribution < -0.4 is 5.32 Å². The molecule has 2 aromatic carbocycles. The number of para-hydroxylation sites is 1. The smallest absolute Gasteiger partial charge is 0.246 e. The number of nitrogens with one attached hydrogen (secondary N) is 2. The number of unbranched alkanes of at least 4 members (excludes halogenated alkanes) is 1. The van der Waals surface area contributed by atoms with Crippen molar-refractivity contribution in [1.82, 2.24) is 14.8 Å². The molecule has 7 heteroatoms. The third-order valence-corrected chi connectivity index (χ3v) is 6.67. The normalized spacial score (nSPS) is 20.1. The molecule has 1 fully saturated rings. The van der Waals surface area contributed by atoms with Crippen molar-refractivity contribution in [2.24, 2.45) is 0 Å². The lowest BCUT2D eigenvalue weighted by atomic mass is 9.86. The van der Waals surface area contributed by atoms with Gasteiger partial charge < -0.3 is 20.1 Å². The molecular weight excluding hydrogens is 416 g/mol. The maximum Gasteiger partial charge on any atom is 0.246 e. The van der Waals surface area contributed by atoms with Crippen LogP contribution in [-0.2, 0) is 20.8 Å². The van der Waals surface area contributed by atoms with E-state index in [1.54, 1.807) is 9.80 Å². The number of rotatable bonds is 5. The second-order valence-corrected chi connectivity index (χ2v) is 8.90. The van der Waals surface area contributed by atoms with Gasteiger partial charge in [-0.05, 0) is 35.7 Å². The van der Waals surface area contributed by atoms with Crippen LogP contribution in [0.2, 0.25) is 0 Å². The van der Waals surface area contributed by atoms with Crippen molar-refractivity contribution in [1.29, 1.82) is 0 Å². The first-order valence-electron chi connectivity index (χ1n) is 11.5. The van der Waals surface area contributed by atoms with Gasteiger partial charge in [0, 0.05) is 42.2 Å². The van der Waals surface area contributed by atoms with Gasteiger partial charge in [-0.1, -0.05) is 43.7 Å². The predicted molar refractivity (Wildman–Crippen MR) is 127 cm³/mol. The summed E-state index contributed by atoms with van der Waals surface area (Å²) in [5, 5.41) is 3.88. The van der Waals surface area contributed by atoms with Gasteiger partial charge >= 0.3 is 0 Å². The number of aromatic amines is 1. The lowest BCUT2D eigenvalue weighted by Crippen LogP contribution is -2.63. The van der Waals surface area contributed by atoms with Crippen molar-refractivity contribution in [3.63, 3.8) is 0 Å². The van der Waals surface area contributed by atoms with E-state index < -0.39 is 6.04 Å². The molecule has 2 aliphatic heterocycles. The van der Waals surface area contributed by atoms with Crippen molar-refractivity contribution in [2.75, 3.05) is 18.4 Å². The van der Waals surface area contributed by atoms with E-state index in [0.29, 0.717) is 18.7 Å². The van der Waals surface area contributed by atoms with Gasteiger partial charge in [0.1, 0.15) is 6.04 Å². The molecule has 0 spiro atoms. The highest BCUT2D eigenvalue weighted by molar-refractivity contribution is 5.97. The summed E-state index contributed by atoms with van der Waals surface area (Å²) in [6.07, 6.45) is 2.37. The number of carbonyl (C=O) groups excluding carboxylic acids is 3. The van der Waals surface area contributed by atoms with Crippen LogP contribution in [-0.4, -0.2) is 51.6 Å². The molecule has 0 radical (unpaired) electrons. The van der Waals surface area contributed by atoms with Gasteiger partial charge in [-0.2, -0.15) is 0 Å². The number of carbonyl (C=O) groups is 3. The number of anilines is 1. The van der Waals surface area contributed by atoms with Crippen LogP contribution in [0.4, 0.5) is 5.69 Å². The molecule has 0 saturated carbocycles. The summed E-state index contributed by atoms with van der Waals surface area (Å²) < 4.78 is 0. The fraction of sp³-hybridized carbons (Fsp3) is 0.346. The minimum atomic E-state index is -0.519. The summed E-state index contributed by atoms with van der Waals surface area (Å²) in [5.41, 5.74) is 4.67. The molecule has 2 atom stereocenters. The van der Waals surface area contributed by atoms with E-state index in [1.807, 2.05) is 42.5 Å². The maximum absolute atomic E-state index is 13.5. The summed E-state index contributed by atoms with van der Waals surface area (Å²) in [6, 6.07) is 14.7. The Morgan fingerprint density at radius 3 is 2.61 bits per heavy atom. The molecule has 1 aromatic heterocycles. The van der Waals surface area contributed by atoms with Crippen LogP contribution in [0, 0.1) is 0 Å². The molecule has 2 unspecified atom stereocenters. The van der Waals surface area contributed by atoms with Crippen molar-refractivity contribution in [2.45, 2.75) is 45.2 Å². The van der Waals surface area contributed by atoms with Crippen molar-refractivity contribution in [3.05, 3.63) is 65.4 Å². The van der Waals surface area contributed by atoms with Gasteiger partial charge in [0.05, 0.1) is 12.6 Å². The third-order valence-electron chi connectivity index (χ3n) is 6.67. The Labute approximate surface area is 192 Å². The standard InChI is InChI=1S/C26H28N4O3/c1-3-4-13-29-15-23(32)30-22(26(29)33)14-20-19-7-5-6-8-21(19)28-24(20)25(30)17-9-11-18(12-10-17)27-16(2)31/h5-12,22,25,28H,3-4,13-15H2,1-2H3,(H,27,31). The molecule has 3 aromatic rings.